The van der Waals surface area contributed by atoms with Crippen molar-refractivity contribution in [2.75, 3.05) is 13.2 Å². The van der Waals surface area contributed by atoms with Crippen LogP contribution >= 0.6 is 7.82 Å². The molecule has 13 nitrogen and oxygen atoms in total. The first-order chi connectivity index (χ1) is 23.9. The molecule has 0 spiro atoms. The van der Waals surface area contributed by atoms with E-state index in [0.717, 1.165) is 44.9 Å². The molecule has 6 N–H and O–H groups in total. The van der Waals surface area contributed by atoms with Gasteiger partial charge in [0.25, 0.3) is 0 Å². The highest BCUT2D eigenvalue weighted by Crippen LogP contribution is 2.47. The summed E-state index contributed by atoms with van der Waals surface area (Å²) in [5.41, 5.74) is 0. The van der Waals surface area contributed by atoms with E-state index in [1.165, 1.54) is 77.0 Å². The van der Waals surface area contributed by atoms with Gasteiger partial charge in [0, 0.05) is 12.8 Å². The molecule has 14 heteroatoms. The van der Waals surface area contributed by atoms with Gasteiger partial charge in [-0.2, -0.15) is 0 Å². The smallest absolute Gasteiger partial charge is 0.462 e. The fourth-order valence-electron chi connectivity index (χ4n) is 5.99. The molecule has 1 fully saturated rings. The summed E-state index contributed by atoms with van der Waals surface area (Å²) in [7, 11) is -5.10. The normalized spacial score (nSPS) is 24.1. The van der Waals surface area contributed by atoms with Gasteiger partial charge in [-0.15, -0.1) is 0 Å². The van der Waals surface area contributed by atoms with Crippen molar-refractivity contribution in [3.05, 3.63) is 0 Å². The van der Waals surface area contributed by atoms with Gasteiger partial charge in [0.1, 0.15) is 43.2 Å². The molecule has 0 heterocycles. The third kappa shape index (κ3) is 21.4. The second kappa shape index (κ2) is 28.4. The summed E-state index contributed by atoms with van der Waals surface area (Å²) in [6.07, 6.45) is 10.5. The molecule has 0 aromatic rings. The van der Waals surface area contributed by atoms with E-state index in [0.29, 0.717) is 12.8 Å². The van der Waals surface area contributed by atoms with Crippen molar-refractivity contribution < 1.29 is 63.1 Å². The Hall–Kier alpha value is -1.15. The minimum atomic E-state index is -5.10. The number of aliphatic hydroxyl groups is 5. The average Bonchev–Trinajstić information content (AvgIpc) is 3.09. The Balaban J connectivity index is 2.55. The maximum atomic E-state index is 12.7. The number of unbranched alkanes of at least 4 members (excludes halogenated alkanes) is 19. The van der Waals surface area contributed by atoms with E-state index in [-0.39, 0.29) is 12.8 Å². The van der Waals surface area contributed by atoms with Crippen molar-refractivity contribution in [1.29, 1.82) is 0 Å². The van der Waals surface area contributed by atoms with Crippen LogP contribution in [0.4, 0.5) is 0 Å². The Morgan fingerprint density at radius 3 is 1.32 bits per heavy atom. The lowest BCUT2D eigenvalue weighted by Gasteiger charge is -2.41. The zero-order valence-corrected chi connectivity index (χ0v) is 31.6. The number of phosphoric ester groups is 1. The molecular weight excluding hydrogens is 671 g/mol. The van der Waals surface area contributed by atoms with Gasteiger partial charge in [-0.25, -0.2) is 4.57 Å². The molecule has 0 radical (unpaired) electrons. The van der Waals surface area contributed by atoms with E-state index in [1.54, 1.807) is 0 Å². The van der Waals surface area contributed by atoms with Gasteiger partial charge < -0.3 is 39.9 Å². The van der Waals surface area contributed by atoms with Crippen molar-refractivity contribution >= 4 is 19.8 Å². The Labute approximate surface area is 300 Å². The second-order valence-electron chi connectivity index (χ2n) is 13.8. The predicted octanol–water partition coefficient (Wildman–Crippen LogP) is 5.77. The highest BCUT2D eigenvalue weighted by Gasteiger charge is 2.51. The van der Waals surface area contributed by atoms with Crippen molar-refractivity contribution in [3.63, 3.8) is 0 Å². The summed E-state index contributed by atoms with van der Waals surface area (Å²) in [4.78, 5) is 35.3. The third-order valence-electron chi connectivity index (χ3n) is 9.20. The van der Waals surface area contributed by atoms with Crippen LogP contribution < -0.4 is 0 Å². The predicted molar refractivity (Wildman–Crippen MR) is 189 cm³/mol. The lowest BCUT2D eigenvalue weighted by Crippen LogP contribution is -2.64. The summed E-state index contributed by atoms with van der Waals surface area (Å²) in [5.74, 6) is -1.10. The molecule has 1 aliphatic rings. The van der Waals surface area contributed by atoms with Crippen molar-refractivity contribution in [2.45, 2.75) is 204 Å². The molecule has 0 aliphatic heterocycles. The number of ether oxygens (including phenoxy) is 2. The molecular formula is C36H69O13P. The Kier molecular flexibility index (Phi) is 26.6. The van der Waals surface area contributed by atoms with E-state index in [4.69, 9.17) is 18.5 Å². The lowest BCUT2D eigenvalue weighted by molar-refractivity contribution is -0.220. The molecule has 296 valence electrons. The Bertz CT molecular complexity index is 906. The zero-order chi connectivity index (χ0) is 37.2. The largest absolute Gasteiger partial charge is 0.472 e. The maximum Gasteiger partial charge on any atom is 0.472 e. The molecule has 0 aromatic carbocycles. The van der Waals surface area contributed by atoms with Crippen molar-refractivity contribution in [1.82, 2.24) is 0 Å². The fourth-order valence-corrected chi connectivity index (χ4v) is 6.96. The van der Waals surface area contributed by atoms with Gasteiger partial charge in [0.15, 0.2) is 6.10 Å². The number of rotatable bonds is 31. The SMILES string of the molecule is CCCCCCCCCCCCCC(=O)OC[C@H](COP(=O)(O)OC1C(O)C(O)C(O)[C@@H](O)C1O)OC(=O)CCCCCCCCCCCC. The van der Waals surface area contributed by atoms with Crippen LogP contribution in [-0.4, -0.2) is 98.3 Å². The van der Waals surface area contributed by atoms with Gasteiger partial charge in [-0.1, -0.05) is 136 Å². The number of phosphoric acid groups is 1. The van der Waals surface area contributed by atoms with Gasteiger partial charge in [0.2, 0.25) is 0 Å². The van der Waals surface area contributed by atoms with Gasteiger partial charge in [0.05, 0.1) is 6.61 Å². The molecule has 0 bridgehead atoms. The minimum Gasteiger partial charge on any atom is -0.462 e. The number of carbonyl (C=O) groups is 2. The third-order valence-corrected chi connectivity index (χ3v) is 10.2. The summed E-state index contributed by atoms with van der Waals surface area (Å²) < 4.78 is 33.3. The van der Waals surface area contributed by atoms with Gasteiger partial charge >= 0.3 is 19.8 Å². The molecule has 1 saturated carbocycles. The Morgan fingerprint density at radius 1 is 0.540 bits per heavy atom. The molecule has 1 aliphatic carbocycles. The summed E-state index contributed by atoms with van der Waals surface area (Å²) in [6.45, 7) is 3.24. The van der Waals surface area contributed by atoms with E-state index in [9.17, 15) is 44.6 Å². The van der Waals surface area contributed by atoms with Crippen molar-refractivity contribution in [2.24, 2.45) is 0 Å². The first-order valence-corrected chi connectivity index (χ1v) is 20.8. The second-order valence-corrected chi connectivity index (χ2v) is 15.2. The number of aliphatic hydroxyl groups excluding tert-OH is 5. The Morgan fingerprint density at radius 2 is 0.900 bits per heavy atom. The van der Waals surface area contributed by atoms with Crippen LogP contribution in [0.1, 0.15) is 162 Å². The highest BCUT2D eigenvalue weighted by molar-refractivity contribution is 7.47. The number of hydrogen-bond acceptors (Lipinski definition) is 12. The van der Waals surface area contributed by atoms with Crippen LogP contribution in [0, 0.1) is 0 Å². The monoisotopic (exact) mass is 740 g/mol. The molecule has 6 unspecified atom stereocenters. The van der Waals surface area contributed by atoms with Crippen LogP contribution in [0.3, 0.4) is 0 Å². The standard InChI is InChI=1S/C36H69O13P/c1-3-5-7-9-11-13-15-17-18-20-22-24-29(37)46-26-28(48-30(38)25-23-21-19-16-14-12-10-8-6-4-2)27-47-50(44,45)49-36-34(42)32(40)31(39)33(41)35(36)43/h28,31-36,39-43H,3-27H2,1-2H3,(H,44,45)/t28-,31?,32-,33?,34?,35?,36?/m1/s1. The quantitative estimate of drug-likeness (QED) is 0.0284. The zero-order valence-electron chi connectivity index (χ0n) is 30.7. The first-order valence-electron chi connectivity index (χ1n) is 19.3. The van der Waals surface area contributed by atoms with Crippen molar-refractivity contribution in [3.8, 4) is 0 Å². The fraction of sp³-hybridized carbons (Fsp3) is 0.944. The first kappa shape index (κ1) is 46.9. The summed E-state index contributed by atoms with van der Waals surface area (Å²) >= 11 is 0. The van der Waals surface area contributed by atoms with E-state index >= 15 is 0 Å². The molecule has 50 heavy (non-hydrogen) atoms. The van der Waals surface area contributed by atoms with E-state index in [2.05, 4.69) is 13.8 Å². The topological polar surface area (TPSA) is 210 Å². The minimum absolute atomic E-state index is 0.103. The molecule has 0 amide bonds. The van der Waals surface area contributed by atoms with E-state index < -0.39 is 75.7 Å². The van der Waals surface area contributed by atoms with Gasteiger partial charge in [-0.05, 0) is 12.8 Å². The van der Waals surface area contributed by atoms with Crippen LogP contribution in [0.25, 0.3) is 0 Å². The van der Waals surface area contributed by atoms with Crippen LogP contribution in [0.15, 0.2) is 0 Å². The number of esters is 2. The molecule has 8 atom stereocenters. The summed E-state index contributed by atoms with van der Waals surface area (Å²) in [6, 6.07) is 0. The molecule has 1 rings (SSSR count). The van der Waals surface area contributed by atoms with Crippen LogP contribution in [0.5, 0.6) is 0 Å². The summed E-state index contributed by atoms with van der Waals surface area (Å²) in [5, 5.41) is 49.8. The van der Waals surface area contributed by atoms with Gasteiger partial charge in [-0.3, -0.25) is 18.6 Å². The average molecular weight is 741 g/mol. The number of carbonyl (C=O) groups excluding carboxylic acids is 2. The molecule has 0 saturated heterocycles. The lowest BCUT2D eigenvalue weighted by atomic mass is 9.85. The molecule has 0 aromatic heterocycles. The maximum absolute atomic E-state index is 12.7. The van der Waals surface area contributed by atoms with Crippen LogP contribution in [-0.2, 0) is 32.7 Å². The highest BCUT2D eigenvalue weighted by atomic mass is 31.2. The number of hydrogen-bond donors (Lipinski definition) is 6. The van der Waals surface area contributed by atoms with Crippen LogP contribution in [0.2, 0.25) is 0 Å². The van der Waals surface area contributed by atoms with E-state index in [1.807, 2.05) is 0 Å².